The minimum atomic E-state index is 0.165. The third-order valence-corrected chi connectivity index (χ3v) is 3.34. The standard InChI is InChI=1S/C12H17IN2O/c1-14(2)12(16)8-9-15(3)11-7-5-4-6-10(11)13/h4-7H,8-9H2,1-3H3. The molecule has 4 heteroatoms. The zero-order valence-corrected chi connectivity index (χ0v) is 12.1. The number of para-hydroxylation sites is 1. The number of carbonyl (C=O) groups excluding carboxylic acids is 1. The van der Waals surface area contributed by atoms with E-state index >= 15 is 0 Å². The van der Waals surface area contributed by atoms with Crippen molar-refractivity contribution < 1.29 is 4.79 Å². The summed E-state index contributed by atoms with van der Waals surface area (Å²) in [5, 5.41) is 0. The van der Waals surface area contributed by atoms with Gasteiger partial charge >= 0.3 is 0 Å². The predicted octanol–water partition coefficient (Wildman–Crippen LogP) is 2.21. The molecule has 1 amide bonds. The lowest BCUT2D eigenvalue weighted by atomic mass is 10.3. The summed E-state index contributed by atoms with van der Waals surface area (Å²) in [6, 6.07) is 8.17. The predicted molar refractivity (Wildman–Crippen MR) is 75.7 cm³/mol. The topological polar surface area (TPSA) is 23.6 Å². The van der Waals surface area contributed by atoms with Crippen LogP contribution < -0.4 is 4.90 Å². The number of rotatable bonds is 4. The Hall–Kier alpha value is -0.780. The van der Waals surface area contributed by atoms with E-state index < -0.39 is 0 Å². The quantitative estimate of drug-likeness (QED) is 0.790. The van der Waals surface area contributed by atoms with Gasteiger partial charge in [-0.2, -0.15) is 0 Å². The Bertz CT molecular complexity index is 366. The lowest BCUT2D eigenvalue weighted by molar-refractivity contribution is -0.128. The normalized spacial score (nSPS) is 10.0. The van der Waals surface area contributed by atoms with E-state index in [1.807, 2.05) is 19.2 Å². The number of halogens is 1. The van der Waals surface area contributed by atoms with Crippen molar-refractivity contribution in [2.24, 2.45) is 0 Å². The first-order valence-electron chi connectivity index (χ1n) is 5.18. The van der Waals surface area contributed by atoms with Gasteiger partial charge in [0.15, 0.2) is 0 Å². The molecule has 88 valence electrons. The minimum absolute atomic E-state index is 0.165. The molecule has 0 aliphatic rings. The molecule has 0 N–H and O–H groups in total. The monoisotopic (exact) mass is 332 g/mol. The van der Waals surface area contributed by atoms with E-state index in [0.29, 0.717) is 6.42 Å². The summed E-state index contributed by atoms with van der Waals surface area (Å²) in [6.07, 6.45) is 0.550. The highest BCUT2D eigenvalue weighted by atomic mass is 127. The van der Waals surface area contributed by atoms with E-state index in [0.717, 1.165) is 6.54 Å². The van der Waals surface area contributed by atoms with Crippen LogP contribution in [0, 0.1) is 3.57 Å². The fourth-order valence-corrected chi connectivity index (χ4v) is 2.17. The molecule has 1 aromatic carbocycles. The van der Waals surface area contributed by atoms with Crippen molar-refractivity contribution in [3.8, 4) is 0 Å². The van der Waals surface area contributed by atoms with Crippen LogP contribution in [0.25, 0.3) is 0 Å². The summed E-state index contributed by atoms with van der Waals surface area (Å²) in [6.45, 7) is 0.747. The first-order valence-corrected chi connectivity index (χ1v) is 6.26. The molecule has 1 rings (SSSR count). The third kappa shape index (κ3) is 3.66. The second kappa shape index (κ2) is 6.08. The van der Waals surface area contributed by atoms with Gasteiger partial charge in [-0.1, -0.05) is 12.1 Å². The molecule has 0 unspecified atom stereocenters. The van der Waals surface area contributed by atoms with Crippen LogP contribution >= 0.6 is 22.6 Å². The summed E-state index contributed by atoms with van der Waals surface area (Å²) in [5.74, 6) is 0.165. The maximum atomic E-state index is 11.5. The van der Waals surface area contributed by atoms with Gasteiger partial charge in [-0.05, 0) is 34.7 Å². The molecule has 0 bridgehead atoms. The van der Waals surface area contributed by atoms with E-state index in [9.17, 15) is 4.79 Å². The van der Waals surface area contributed by atoms with E-state index in [2.05, 4.69) is 39.6 Å². The maximum Gasteiger partial charge on any atom is 0.223 e. The van der Waals surface area contributed by atoms with Gasteiger partial charge in [-0.3, -0.25) is 4.79 Å². The van der Waals surface area contributed by atoms with E-state index in [4.69, 9.17) is 0 Å². The average Bonchev–Trinajstić information content (AvgIpc) is 2.25. The van der Waals surface area contributed by atoms with Gasteiger partial charge in [-0.15, -0.1) is 0 Å². The highest BCUT2D eigenvalue weighted by Crippen LogP contribution is 2.20. The molecule has 0 aromatic heterocycles. The molecule has 0 saturated heterocycles. The lowest BCUT2D eigenvalue weighted by Crippen LogP contribution is -2.28. The van der Waals surface area contributed by atoms with E-state index in [1.165, 1.54) is 9.26 Å². The average molecular weight is 332 g/mol. The molecule has 0 radical (unpaired) electrons. The molecule has 0 aliphatic carbocycles. The van der Waals surface area contributed by atoms with Gasteiger partial charge in [0.1, 0.15) is 0 Å². The van der Waals surface area contributed by atoms with E-state index in [1.54, 1.807) is 19.0 Å². The van der Waals surface area contributed by atoms with Gasteiger partial charge < -0.3 is 9.80 Å². The highest BCUT2D eigenvalue weighted by Gasteiger charge is 2.08. The summed E-state index contributed by atoms with van der Waals surface area (Å²) >= 11 is 2.31. The van der Waals surface area contributed by atoms with Gasteiger partial charge in [0.25, 0.3) is 0 Å². The Balaban J connectivity index is 2.56. The number of carbonyl (C=O) groups is 1. The zero-order chi connectivity index (χ0) is 12.1. The summed E-state index contributed by atoms with van der Waals surface area (Å²) in [4.78, 5) is 15.2. The Kier molecular flexibility index (Phi) is 5.05. The minimum Gasteiger partial charge on any atom is -0.373 e. The molecule has 0 saturated carbocycles. The molecule has 0 heterocycles. The van der Waals surface area contributed by atoms with Crippen LogP contribution in [0.15, 0.2) is 24.3 Å². The van der Waals surface area contributed by atoms with Crippen molar-refractivity contribution in [2.45, 2.75) is 6.42 Å². The van der Waals surface area contributed by atoms with Crippen molar-refractivity contribution in [3.05, 3.63) is 27.8 Å². The van der Waals surface area contributed by atoms with Crippen molar-refractivity contribution in [1.82, 2.24) is 4.90 Å². The molecular weight excluding hydrogens is 315 g/mol. The van der Waals surface area contributed by atoms with Crippen molar-refractivity contribution in [3.63, 3.8) is 0 Å². The molecule has 1 aromatic rings. The number of anilines is 1. The summed E-state index contributed by atoms with van der Waals surface area (Å²) in [5.41, 5.74) is 1.18. The Morgan fingerprint density at radius 1 is 1.25 bits per heavy atom. The molecule has 0 atom stereocenters. The Labute approximate surface area is 111 Å². The molecule has 0 aliphatic heterocycles. The molecule has 3 nitrogen and oxygen atoms in total. The lowest BCUT2D eigenvalue weighted by Gasteiger charge is -2.21. The first kappa shape index (κ1) is 13.3. The smallest absolute Gasteiger partial charge is 0.223 e. The molecule has 0 fully saturated rings. The van der Waals surface area contributed by atoms with Crippen LogP contribution in [0.2, 0.25) is 0 Å². The van der Waals surface area contributed by atoms with Gasteiger partial charge in [0, 0.05) is 43.4 Å². The van der Waals surface area contributed by atoms with Crippen LogP contribution in [0.5, 0.6) is 0 Å². The third-order valence-electron chi connectivity index (χ3n) is 2.42. The molecular formula is C12H17IN2O. The van der Waals surface area contributed by atoms with Gasteiger partial charge in [0.05, 0.1) is 0 Å². The van der Waals surface area contributed by atoms with Crippen LogP contribution in [0.1, 0.15) is 6.42 Å². The zero-order valence-electron chi connectivity index (χ0n) is 9.90. The Morgan fingerprint density at radius 3 is 2.44 bits per heavy atom. The number of amides is 1. The van der Waals surface area contributed by atoms with Gasteiger partial charge in [-0.25, -0.2) is 0 Å². The fourth-order valence-electron chi connectivity index (χ4n) is 1.37. The van der Waals surface area contributed by atoms with Gasteiger partial charge in [0.2, 0.25) is 5.91 Å². The largest absolute Gasteiger partial charge is 0.373 e. The fraction of sp³-hybridized carbons (Fsp3) is 0.417. The van der Waals surface area contributed by atoms with Crippen LogP contribution in [-0.2, 0) is 4.79 Å². The summed E-state index contributed by atoms with van der Waals surface area (Å²) < 4.78 is 1.21. The van der Waals surface area contributed by atoms with Crippen molar-refractivity contribution in [1.29, 1.82) is 0 Å². The summed E-state index contributed by atoms with van der Waals surface area (Å²) in [7, 11) is 5.59. The Morgan fingerprint density at radius 2 is 1.88 bits per heavy atom. The number of hydrogen-bond donors (Lipinski definition) is 0. The second-order valence-corrected chi connectivity index (χ2v) is 5.07. The number of benzene rings is 1. The maximum absolute atomic E-state index is 11.5. The van der Waals surface area contributed by atoms with Crippen LogP contribution in [0.4, 0.5) is 5.69 Å². The SMILES string of the molecule is CN(C)C(=O)CCN(C)c1ccccc1I. The van der Waals surface area contributed by atoms with E-state index in [-0.39, 0.29) is 5.91 Å². The second-order valence-electron chi connectivity index (χ2n) is 3.91. The van der Waals surface area contributed by atoms with Crippen molar-refractivity contribution >= 4 is 34.2 Å². The number of nitrogens with zero attached hydrogens (tertiary/aromatic N) is 2. The van der Waals surface area contributed by atoms with Crippen molar-refractivity contribution in [2.75, 3.05) is 32.6 Å². The molecule has 16 heavy (non-hydrogen) atoms. The van der Waals surface area contributed by atoms with Crippen LogP contribution in [0.3, 0.4) is 0 Å². The van der Waals surface area contributed by atoms with Crippen LogP contribution in [-0.4, -0.2) is 38.5 Å². The number of hydrogen-bond acceptors (Lipinski definition) is 2. The highest BCUT2D eigenvalue weighted by molar-refractivity contribution is 14.1. The first-order chi connectivity index (χ1) is 7.52. The molecule has 0 spiro atoms.